The predicted molar refractivity (Wildman–Crippen MR) is 113 cm³/mol. The summed E-state index contributed by atoms with van der Waals surface area (Å²) < 4.78 is 2.34. The Morgan fingerprint density at radius 2 is 1.74 bits per heavy atom. The Morgan fingerprint density at radius 3 is 2.48 bits per heavy atom. The maximum absolute atomic E-state index is 11.1. The molecule has 0 saturated heterocycles. The zero-order valence-electron chi connectivity index (χ0n) is 15.4. The number of carbonyl (C=O) groups is 1. The van der Waals surface area contributed by atoms with Crippen molar-refractivity contribution in [3.05, 3.63) is 72.3 Å². The molecule has 1 aromatic heterocycles. The van der Waals surface area contributed by atoms with Gasteiger partial charge in [0, 0.05) is 47.2 Å². The van der Waals surface area contributed by atoms with E-state index in [1.165, 1.54) is 28.7 Å². The quantitative estimate of drug-likeness (QED) is 0.481. The molecule has 0 aliphatic heterocycles. The van der Waals surface area contributed by atoms with Crippen molar-refractivity contribution in [1.82, 2.24) is 4.57 Å². The van der Waals surface area contributed by atoms with Crippen molar-refractivity contribution in [2.75, 3.05) is 5.32 Å². The molecular weight excluding hydrogens is 334 g/mol. The van der Waals surface area contributed by atoms with Gasteiger partial charge in [-0.3, -0.25) is 9.79 Å². The number of aryl methyl sites for hydroxylation is 1. The molecule has 1 N–H and O–H groups in total. The molecule has 0 fully saturated rings. The highest BCUT2D eigenvalue weighted by molar-refractivity contribution is 6.09. The number of nitrogens with one attached hydrogen (secondary N) is 1. The highest BCUT2D eigenvalue weighted by Gasteiger charge is 2.09. The van der Waals surface area contributed by atoms with Crippen LogP contribution in [0.4, 0.5) is 11.4 Å². The second-order valence-corrected chi connectivity index (χ2v) is 6.52. The van der Waals surface area contributed by atoms with Crippen molar-refractivity contribution in [3.63, 3.8) is 0 Å². The molecule has 0 bridgehead atoms. The Labute approximate surface area is 158 Å². The molecule has 0 radical (unpaired) electrons. The highest BCUT2D eigenvalue weighted by atomic mass is 16.1. The van der Waals surface area contributed by atoms with Crippen LogP contribution in [0.3, 0.4) is 0 Å². The highest BCUT2D eigenvalue weighted by Crippen LogP contribution is 2.29. The number of benzene rings is 3. The molecule has 0 aliphatic rings. The lowest BCUT2D eigenvalue weighted by atomic mass is 10.1. The van der Waals surface area contributed by atoms with Gasteiger partial charge in [-0.15, -0.1) is 0 Å². The van der Waals surface area contributed by atoms with Gasteiger partial charge in [-0.05, 0) is 55.0 Å². The number of fused-ring (bicyclic) bond motifs is 3. The number of nitrogens with zero attached hydrogens (tertiary/aromatic N) is 2. The van der Waals surface area contributed by atoms with Crippen molar-refractivity contribution in [2.24, 2.45) is 4.99 Å². The summed E-state index contributed by atoms with van der Waals surface area (Å²) in [5.41, 5.74) is 5.19. The van der Waals surface area contributed by atoms with Crippen LogP contribution in [0.1, 0.15) is 19.4 Å². The fourth-order valence-electron chi connectivity index (χ4n) is 3.48. The van der Waals surface area contributed by atoms with Crippen molar-refractivity contribution in [3.8, 4) is 0 Å². The molecule has 0 unspecified atom stereocenters. The minimum Gasteiger partial charge on any atom is -0.341 e. The lowest BCUT2D eigenvalue weighted by Gasteiger charge is -2.03. The van der Waals surface area contributed by atoms with Crippen LogP contribution in [0.2, 0.25) is 0 Å². The summed E-state index contributed by atoms with van der Waals surface area (Å²) in [5, 5.41) is 5.27. The van der Waals surface area contributed by atoms with Crippen LogP contribution in [-0.4, -0.2) is 16.7 Å². The molecule has 0 saturated carbocycles. The van der Waals surface area contributed by atoms with Gasteiger partial charge in [0.15, 0.2) is 0 Å². The Balaban J connectivity index is 1.67. The number of hydrogen-bond donors (Lipinski definition) is 1. The predicted octanol–water partition coefficient (Wildman–Crippen LogP) is 5.52. The lowest BCUT2D eigenvalue weighted by molar-refractivity contribution is -0.114. The number of anilines is 1. The molecule has 134 valence electrons. The molecule has 1 amide bonds. The van der Waals surface area contributed by atoms with Crippen LogP contribution >= 0.6 is 0 Å². The second-order valence-electron chi connectivity index (χ2n) is 6.52. The summed E-state index contributed by atoms with van der Waals surface area (Å²) in [6.45, 7) is 4.61. The molecule has 27 heavy (non-hydrogen) atoms. The first-order valence-electron chi connectivity index (χ1n) is 9.08. The van der Waals surface area contributed by atoms with Crippen molar-refractivity contribution < 1.29 is 4.79 Å². The Hall–Kier alpha value is -3.40. The molecule has 4 nitrogen and oxygen atoms in total. The fraction of sp³-hybridized carbons (Fsp3) is 0.130. The summed E-state index contributed by atoms with van der Waals surface area (Å²) in [7, 11) is 0. The zero-order chi connectivity index (χ0) is 18.8. The van der Waals surface area contributed by atoms with E-state index in [1.54, 1.807) is 0 Å². The number of amides is 1. The van der Waals surface area contributed by atoms with E-state index in [0.717, 1.165) is 23.5 Å². The zero-order valence-corrected chi connectivity index (χ0v) is 15.4. The van der Waals surface area contributed by atoms with Gasteiger partial charge in [0.1, 0.15) is 0 Å². The van der Waals surface area contributed by atoms with Crippen LogP contribution in [0.25, 0.3) is 21.8 Å². The first-order chi connectivity index (χ1) is 13.2. The molecule has 4 heteroatoms. The fourth-order valence-corrected chi connectivity index (χ4v) is 3.48. The SMILES string of the molecule is CCn1c2ccccc2c2cc(C=Nc3ccc(NC(C)=O)cc3)ccc21. The van der Waals surface area contributed by atoms with Crippen LogP contribution < -0.4 is 5.32 Å². The van der Waals surface area contributed by atoms with E-state index in [-0.39, 0.29) is 5.91 Å². The van der Waals surface area contributed by atoms with Crippen molar-refractivity contribution in [2.45, 2.75) is 20.4 Å². The molecule has 1 heterocycles. The molecular formula is C23H21N3O. The van der Waals surface area contributed by atoms with Crippen molar-refractivity contribution in [1.29, 1.82) is 0 Å². The first-order valence-corrected chi connectivity index (χ1v) is 9.08. The average Bonchev–Trinajstić information content (AvgIpc) is 3.00. The van der Waals surface area contributed by atoms with Crippen LogP contribution in [-0.2, 0) is 11.3 Å². The van der Waals surface area contributed by atoms with Gasteiger partial charge in [-0.2, -0.15) is 0 Å². The molecule has 3 aromatic carbocycles. The standard InChI is InChI=1S/C23H21N3O/c1-3-26-22-7-5-4-6-20(22)21-14-17(8-13-23(21)26)15-24-18-9-11-19(12-10-18)25-16(2)27/h4-15H,3H2,1-2H3,(H,25,27). The van der Waals surface area contributed by atoms with Crippen LogP contribution in [0.15, 0.2) is 71.7 Å². The number of carbonyl (C=O) groups excluding carboxylic acids is 1. The van der Waals surface area contributed by atoms with E-state index >= 15 is 0 Å². The van der Waals surface area contributed by atoms with Gasteiger partial charge in [-0.1, -0.05) is 24.3 Å². The minimum atomic E-state index is -0.0780. The third kappa shape index (κ3) is 3.34. The molecule has 0 atom stereocenters. The lowest BCUT2D eigenvalue weighted by Crippen LogP contribution is -2.04. The van der Waals surface area contributed by atoms with E-state index < -0.39 is 0 Å². The number of para-hydroxylation sites is 1. The maximum Gasteiger partial charge on any atom is 0.221 e. The third-order valence-corrected chi connectivity index (χ3v) is 4.66. The monoisotopic (exact) mass is 355 g/mol. The van der Waals surface area contributed by atoms with Gasteiger partial charge < -0.3 is 9.88 Å². The minimum absolute atomic E-state index is 0.0780. The number of hydrogen-bond acceptors (Lipinski definition) is 2. The molecule has 0 aliphatic carbocycles. The van der Waals surface area contributed by atoms with E-state index in [9.17, 15) is 4.79 Å². The summed E-state index contributed by atoms with van der Waals surface area (Å²) in [6, 6.07) is 22.5. The van der Waals surface area contributed by atoms with E-state index in [4.69, 9.17) is 0 Å². The average molecular weight is 355 g/mol. The van der Waals surface area contributed by atoms with E-state index in [1.807, 2.05) is 30.5 Å². The van der Waals surface area contributed by atoms with Crippen LogP contribution in [0.5, 0.6) is 0 Å². The van der Waals surface area contributed by atoms with Gasteiger partial charge >= 0.3 is 0 Å². The number of rotatable bonds is 4. The Kier molecular flexibility index (Phi) is 4.47. The summed E-state index contributed by atoms with van der Waals surface area (Å²) in [4.78, 5) is 15.7. The van der Waals surface area contributed by atoms with Gasteiger partial charge in [0.2, 0.25) is 5.91 Å². The number of aromatic nitrogens is 1. The summed E-state index contributed by atoms with van der Waals surface area (Å²) in [6.07, 6.45) is 1.88. The maximum atomic E-state index is 11.1. The van der Waals surface area contributed by atoms with Gasteiger partial charge in [-0.25, -0.2) is 0 Å². The summed E-state index contributed by atoms with van der Waals surface area (Å²) >= 11 is 0. The summed E-state index contributed by atoms with van der Waals surface area (Å²) in [5.74, 6) is -0.0780. The first kappa shape index (κ1) is 17.0. The largest absolute Gasteiger partial charge is 0.341 e. The normalized spacial score (nSPS) is 11.5. The second kappa shape index (κ2) is 7.08. The van der Waals surface area contributed by atoms with Crippen molar-refractivity contribution >= 4 is 45.3 Å². The van der Waals surface area contributed by atoms with E-state index in [2.05, 4.69) is 64.3 Å². The molecule has 0 spiro atoms. The van der Waals surface area contributed by atoms with E-state index in [0.29, 0.717) is 0 Å². The molecule has 4 rings (SSSR count). The Morgan fingerprint density at radius 1 is 1.00 bits per heavy atom. The third-order valence-electron chi connectivity index (χ3n) is 4.66. The van der Waals surface area contributed by atoms with Crippen LogP contribution in [0, 0.1) is 0 Å². The molecule has 4 aromatic rings. The number of aliphatic imine (C=N–C) groups is 1. The van der Waals surface area contributed by atoms with Gasteiger partial charge in [0.05, 0.1) is 5.69 Å². The Bertz CT molecular complexity index is 1150. The topological polar surface area (TPSA) is 46.4 Å². The smallest absolute Gasteiger partial charge is 0.221 e. The van der Waals surface area contributed by atoms with Gasteiger partial charge in [0.25, 0.3) is 0 Å².